The first kappa shape index (κ1) is 15.1. The number of anilines is 1. The summed E-state index contributed by atoms with van der Waals surface area (Å²) < 4.78 is 18.6. The van der Waals surface area contributed by atoms with E-state index in [0.717, 1.165) is 6.07 Å². The van der Waals surface area contributed by atoms with Crippen LogP contribution in [-0.4, -0.2) is 30.2 Å². The van der Waals surface area contributed by atoms with E-state index in [4.69, 9.17) is 9.84 Å². The average Bonchev–Trinajstić information content (AvgIpc) is 2.32. The van der Waals surface area contributed by atoms with Crippen LogP contribution in [-0.2, 0) is 20.7 Å². The van der Waals surface area contributed by atoms with Crippen LogP contribution >= 0.6 is 0 Å². The number of hydrogen-bond donors (Lipinski definition) is 2. The number of hydrogen-bond acceptors (Lipinski definition) is 3. The van der Waals surface area contributed by atoms with Crippen LogP contribution in [0.5, 0.6) is 0 Å². The molecular weight excluding hydrogens is 253 g/mol. The minimum Gasteiger partial charge on any atom is -0.481 e. The maximum absolute atomic E-state index is 13.5. The molecule has 19 heavy (non-hydrogen) atoms. The van der Waals surface area contributed by atoms with Crippen molar-refractivity contribution in [3.63, 3.8) is 0 Å². The highest BCUT2D eigenvalue weighted by Crippen LogP contribution is 2.15. The first-order valence-electron chi connectivity index (χ1n) is 5.90. The van der Waals surface area contributed by atoms with Gasteiger partial charge in [0, 0.05) is 12.3 Å². The van der Waals surface area contributed by atoms with Gasteiger partial charge in [-0.25, -0.2) is 4.39 Å². The maximum atomic E-state index is 13.5. The summed E-state index contributed by atoms with van der Waals surface area (Å²) in [6.45, 7) is 2.67. The molecular formula is C13H16FNO4. The van der Waals surface area contributed by atoms with Gasteiger partial charge in [0.15, 0.2) is 0 Å². The molecule has 1 aromatic rings. The van der Waals surface area contributed by atoms with Crippen LogP contribution in [0.1, 0.15) is 18.9 Å². The maximum Gasteiger partial charge on any atom is 0.307 e. The Morgan fingerprint density at radius 2 is 2.16 bits per heavy atom. The number of halogens is 1. The number of carboxylic acids is 1. The summed E-state index contributed by atoms with van der Waals surface area (Å²) in [5, 5.41) is 11.1. The highest BCUT2D eigenvalue weighted by Gasteiger charge is 2.09. The first-order chi connectivity index (χ1) is 9.02. The highest BCUT2D eigenvalue weighted by molar-refractivity contribution is 5.90. The monoisotopic (exact) mass is 269 g/mol. The van der Waals surface area contributed by atoms with Crippen LogP contribution in [0, 0.1) is 5.82 Å². The molecule has 0 spiro atoms. The van der Waals surface area contributed by atoms with Crippen LogP contribution in [0.3, 0.4) is 0 Å². The zero-order valence-electron chi connectivity index (χ0n) is 10.6. The summed E-state index contributed by atoms with van der Waals surface area (Å²) in [7, 11) is 0. The number of ether oxygens (including phenoxy) is 1. The molecule has 0 saturated carbocycles. The minimum absolute atomic E-state index is 0.0832. The molecule has 1 aromatic carbocycles. The lowest BCUT2D eigenvalue weighted by atomic mass is 10.1. The number of rotatable bonds is 7. The average molecular weight is 269 g/mol. The second kappa shape index (κ2) is 7.48. The van der Waals surface area contributed by atoms with Crippen molar-refractivity contribution in [1.82, 2.24) is 0 Å². The molecule has 6 heteroatoms. The standard InChI is InChI=1S/C13H16FNO4/c1-2-19-6-5-12(16)15-10-4-3-9(7-13(17)18)11(14)8-10/h3-4,8H,2,5-7H2,1H3,(H,15,16)(H,17,18). The van der Waals surface area contributed by atoms with Gasteiger partial charge < -0.3 is 15.2 Å². The topological polar surface area (TPSA) is 75.6 Å². The molecule has 1 rings (SSSR count). The van der Waals surface area contributed by atoms with Gasteiger partial charge in [-0.05, 0) is 24.6 Å². The predicted octanol–water partition coefficient (Wildman–Crippen LogP) is 1.82. The summed E-state index contributed by atoms with van der Waals surface area (Å²) in [6, 6.07) is 3.93. The van der Waals surface area contributed by atoms with Crippen molar-refractivity contribution in [2.45, 2.75) is 19.8 Å². The van der Waals surface area contributed by atoms with E-state index in [-0.39, 0.29) is 24.3 Å². The number of nitrogens with one attached hydrogen (secondary N) is 1. The lowest BCUT2D eigenvalue weighted by Gasteiger charge is -2.07. The summed E-state index contributed by atoms with van der Waals surface area (Å²) >= 11 is 0. The molecule has 0 unspecified atom stereocenters. The van der Waals surface area contributed by atoms with E-state index in [1.54, 1.807) is 0 Å². The largest absolute Gasteiger partial charge is 0.481 e. The number of aliphatic carboxylic acids is 1. The molecule has 0 aliphatic rings. The zero-order valence-corrected chi connectivity index (χ0v) is 10.6. The SMILES string of the molecule is CCOCCC(=O)Nc1ccc(CC(=O)O)c(F)c1. The summed E-state index contributed by atoms with van der Waals surface area (Å²) in [6.07, 6.45) is -0.198. The third-order valence-corrected chi connectivity index (χ3v) is 2.36. The Balaban J connectivity index is 2.58. The number of carbonyl (C=O) groups excluding carboxylic acids is 1. The smallest absolute Gasteiger partial charge is 0.307 e. The van der Waals surface area contributed by atoms with Crippen molar-refractivity contribution in [3.8, 4) is 0 Å². The van der Waals surface area contributed by atoms with Crippen molar-refractivity contribution < 1.29 is 23.8 Å². The molecule has 0 saturated heterocycles. The van der Waals surface area contributed by atoms with Crippen LogP contribution in [0.4, 0.5) is 10.1 Å². The van der Waals surface area contributed by atoms with Gasteiger partial charge in [-0.15, -0.1) is 0 Å². The Labute approximate surface area is 110 Å². The van der Waals surface area contributed by atoms with E-state index in [9.17, 15) is 14.0 Å². The Morgan fingerprint density at radius 3 is 2.74 bits per heavy atom. The van der Waals surface area contributed by atoms with E-state index in [2.05, 4.69) is 5.32 Å². The van der Waals surface area contributed by atoms with Gasteiger partial charge in [0.25, 0.3) is 0 Å². The summed E-state index contributed by atoms with van der Waals surface area (Å²) in [4.78, 5) is 21.9. The Hall–Kier alpha value is -1.95. The lowest BCUT2D eigenvalue weighted by Crippen LogP contribution is -2.14. The van der Waals surface area contributed by atoms with Crippen molar-refractivity contribution in [2.75, 3.05) is 18.5 Å². The lowest BCUT2D eigenvalue weighted by molar-refractivity contribution is -0.136. The van der Waals surface area contributed by atoms with Crippen LogP contribution in [0.2, 0.25) is 0 Å². The molecule has 0 fully saturated rings. The van der Waals surface area contributed by atoms with Gasteiger partial charge >= 0.3 is 5.97 Å². The van der Waals surface area contributed by atoms with Gasteiger partial charge in [-0.3, -0.25) is 9.59 Å². The normalized spacial score (nSPS) is 10.2. The molecule has 0 aliphatic heterocycles. The van der Waals surface area contributed by atoms with E-state index in [1.165, 1.54) is 12.1 Å². The first-order valence-corrected chi connectivity index (χ1v) is 5.90. The quantitative estimate of drug-likeness (QED) is 0.740. The van der Waals surface area contributed by atoms with E-state index < -0.39 is 11.8 Å². The fourth-order valence-corrected chi connectivity index (χ4v) is 1.46. The fraction of sp³-hybridized carbons (Fsp3) is 0.385. The van der Waals surface area contributed by atoms with Crippen molar-refractivity contribution in [1.29, 1.82) is 0 Å². The van der Waals surface area contributed by atoms with Gasteiger partial charge in [0.1, 0.15) is 5.82 Å². The minimum atomic E-state index is -1.10. The second-order valence-corrected chi connectivity index (χ2v) is 3.87. The molecule has 0 bridgehead atoms. The van der Waals surface area contributed by atoms with E-state index >= 15 is 0 Å². The van der Waals surface area contributed by atoms with Crippen molar-refractivity contribution in [2.24, 2.45) is 0 Å². The van der Waals surface area contributed by atoms with Gasteiger partial charge in [-0.1, -0.05) is 6.07 Å². The second-order valence-electron chi connectivity index (χ2n) is 3.87. The number of carboxylic acid groups (broad SMARTS) is 1. The Morgan fingerprint density at radius 1 is 1.42 bits per heavy atom. The molecule has 5 nitrogen and oxygen atoms in total. The van der Waals surface area contributed by atoms with Crippen LogP contribution in [0.15, 0.2) is 18.2 Å². The van der Waals surface area contributed by atoms with Gasteiger partial charge in [0.2, 0.25) is 5.91 Å². The summed E-state index contributed by atoms with van der Waals surface area (Å²) in [5.74, 6) is -2.03. The van der Waals surface area contributed by atoms with E-state index in [0.29, 0.717) is 18.9 Å². The van der Waals surface area contributed by atoms with Gasteiger partial charge in [-0.2, -0.15) is 0 Å². The van der Waals surface area contributed by atoms with E-state index in [1.807, 2.05) is 6.92 Å². The van der Waals surface area contributed by atoms with Crippen molar-refractivity contribution >= 4 is 17.6 Å². The molecule has 104 valence electrons. The molecule has 0 aromatic heterocycles. The molecule has 0 aliphatic carbocycles. The fourth-order valence-electron chi connectivity index (χ4n) is 1.46. The van der Waals surface area contributed by atoms with Crippen molar-refractivity contribution in [3.05, 3.63) is 29.6 Å². The molecule has 2 N–H and O–H groups in total. The molecule has 0 radical (unpaired) electrons. The Bertz CT molecular complexity index is 462. The number of benzene rings is 1. The summed E-state index contributed by atoms with van der Waals surface area (Å²) in [5.41, 5.74) is 0.382. The van der Waals surface area contributed by atoms with Gasteiger partial charge in [0.05, 0.1) is 19.4 Å². The molecule has 0 heterocycles. The van der Waals surface area contributed by atoms with Crippen LogP contribution in [0.25, 0.3) is 0 Å². The Kier molecular flexibility index (Phi) is 5.95. The molecule has 0 atom stereocenters. The number of carbonyl (C=O) groups is 2. The highest BCUT2D eigenvalue weighted by atomic mass is 19.1. The van der Waals surface area contributed by atoms with Crippen LogP contribution < -0.4 is 5.32 Å². The third-order valence-electron chi connectivity index (χ3n) is 2.36. The number of amides is 1. The molecule has 1 amide bonds. The predicted molar refractivity (Wildman–Crippen MR) is 67.5 cm³/mol. The third kappa shape index (κ3) is 5.48. The zero-order chi connectivity index (χ0) is 14.3.